The smallest absolute Gasteiger partial charge is 0.273 e. The zero-order valence-electron chi connectivity index (χ0n) is 15.9. The Kier molecular flexibility index (Phi) is 7.39. The molecule has 6 heteroatoms. The molecule has 0 unspecified atom stereocenters. The van der Waals surface area contributed by atoms with Gasteiger partial charge in [0.25, 0.3) is 5.91 Å². The first kappa shape index (κ1) is 20.6. The third-order valence-electron chi connectivity index (χ3n) is 4.14. The largest absolute Gasteiger partial charge is 0.489 e. The van der Waals surface area contributed by atoms with Gasteiger partial charge in [0.1, 0.15) is 12.4 Å². The number of amides is 1. The summed E-state index contributed by atoms with van der Waals surface area (Å²) in [7, 11) is 1.49. The molecule has 0 bridgehead atoms. The summed E-state index contributed by atoms with van der Waals surface area (Å²) in [5.74, 6) is 0.395. The van der Waals surface area contributed by atoms with Crippen LogP contribution in [0.3, 0.4) is 0 Å². The molecule has 0 saturated carbocycles. The normalized spacial score (nSPS) is 11.9. The van der Waals surface area contributed by atoms with Crippen LogP contribution in [0.2, 0.25) is 5.02 Å². The average Bonchev–Trinajstić information content (AvgIpc) is 2.74. The quantitative estimate of drug-likeness (QED) is 0.432. The molecule has 0 fully saturated rings. The second-order valence-electron chi connectivity index (χ2n) is 6.25. The molecule has 1 amide bonds. The van der Waals surface area contributed by atoms with Crippen molar-refractivity contribution in [2.75, 3.05) is 7.11 Å². The topological polar surface area (TPSA) is 59.9 Å². The molecule has 0 aliphatic heterocycles. The molecule has 1 atom stereocenters. The van der Waals surface area contributed by atoms with E-state index in [-0.39, 0.29) is 5.91 Å². The second-order valence-corrected chi connectivity index (χ2v) is 6.68. The van der Waals surface area contributed by atoms with Crippen molar-refractivity contribution in [2.45, 2.75) is 12.7 Å². The summed E-state index contributed by atoms with van der Waals surface area (Å²) < 4.78 is 11.0. The van der Waals surface area contributed by atoms with E-state index < -0.39 is 6.10 Å². The predicted molar refractivity (Wildman–Crippen MR) is 114 cm³/mol. The van der Waals surface area contributed by atoms with Gasteiger partial charge in [-0.05, 0) is 53.1 Å². The van der Waals surface area contributed by atoms with Crippen molar-refractivity contribution in [3.8, 4) is 5.75 Å². The fraction of sp³-hybridized carbons (Fsp3) is 0.130. The summed E-state index contributed by atoms with van der Waals surface area (Å²) in [6.45, 7) is 0.432. The minimum Gasteiger partial charge on any atom is -0.489 e. The van der Waals surface area contributed by atoms with E-state index in [0.717, 1.165) is 22.4 Å². The highest BCUT2D eigenvalue weighted by molar-refractivity contribution is 6.30. The lowest BCUT2D eigenvalue weighted by atomic mass is 10.1. The molecule has 1 N–H and O–H groups in total. The lowest BCUT2D eigenvalue weighted by Crippen LogP contribution is -2.26. The molecule has 0 heterocycles. The predicted octanol–water partition coefficient (Wildman–Crippen LogP) is 4.76. The number of carbonyl (C=O) groups is 1. The minimum absolute atomic E-state index is 0.337. The van der Waals surface area contributed by atoms with E-state index in [1.54, 1.807) is 6.21 Å². The summed E-state index contributed by atoms with van der Waals surface area (Å²) in [6.07, 6.45) is 0.853. The van der Waals surface area contributed by atoms with Crippen LogP contribution >= 0.6 is 11.6 Å². The Bertz CT molecular complexity index is 959. The number of rotatable bonds is 8. The zero-order valence-corrected chi connectivity index (χ0v) is 16.7. The minimum atomic E-state index is -0.712. The Morgan fingerprint density at radius 3 is 2.52 bits per heavy atom. The molecule has 3 rings (SSSR count). The van der Waals surface area contributed by atoms with Crippen LogP contribution in [0.4, 0.5) is 0 Å². The van der Waals surface area contributed by atoms with Gasteiger partial charge in [-0.3, -0.25) is 4.79 Å². The number of methoxy groups -OCH3 is 1. The molecule has 3 aromatic carbocycles. The van der Waals surface area contributed by atoms with Crippen LogP contribution in [0.25, 0.3) is 0 Å². The van der Waals surface area contributed by atoms with E-state index in [4.69, 9.17) is 21.1 Å². The van der Waals surface area contributed by atoms with Gasteiger partial charge in [-0.25, -0.2) is 5.43 Å². The van der Waals surface area contributed by atoms with Gasteiger partial charge in [0.15, 0.2) is 6.10 Å². The molecular weight excluding hydrogens is 388 g/mol. The number of carbonyl (C=O) groups excluding carboxylic acids is 1. The number of nitrogens with one attached hydrogen (secondary N) is 1. The summed E-state index contributed by atoms with van der Waals surface area (Å²) in [4.78, 5) is 12.3. The summed E-state index contributed by atoms with van der Waals surface area (Å²) >= 11 is 5.97. The Labute approximate surface area is 174 Å². The lowest BCUT2D eigenvalue weighted by Gasteiger charge is -2.13. The van der Waals surface area contributed by atoms with Crippen LogP contribution in [-0.4, -0.2) is 19.2 Å². The van der Waals surface area contributed by atoms with Crippen LogP contribution in [-0.2, 0) is 16.1 Å². The van der Waals surface area contributed by atoms with E-state index in [9.17, 15) is 4.79 Å². The van der Waals surface area contributed by atoms with E-state index in [2.05, 4.69) is 10.5 Å². The van der Waals surface area contributed by atoms with Crippen LogP contribution in [0.15, 0.2) is 84.0 Å². The van der Waals surface area contributed by atoms with Gasteiger partial charge in [-0.2, -0.15) is 5.10 Å². The molecule has 5 nitrogen and oxygen atoms in total. The van der Waals surface area contributed by atoms with Gasteiger partial charge >= 0.3 is 0 Å². The van der Waals surface area contributed by atoms with Crippen molar-refractivity contribution in [1.82, 2.24) is 5.43 Å². The van der Waals surface area contributed by atoms with Gasteiger partial charge in [-0.15, -0.1) is 0 Å². The van der Waals surface area contributed by atoms with E-state index in [1.165, 1.54) is 7.11 Å². The van der Waals surface area contributed by atoms with Gasteiger partial charge < -0.3 is 9.47 Å². The molecule has 0 aliphatic rings. The molecule has 3 aromatic rings. The fourth-order valence-corrected chi connectivity index (χ4v) is 2.91. The monoisotopic (exact) mass is 408 g/mol. The van der Waals surface area contributed by atoms with Crippen molar-refractivity contribution in [3.05, 3.63) is 101 Å². The lowest BCUT2D eigenvalue weighted by molar-refractivity contribution is -0.131. The summed E-state index contributed by atoms with van der Waals surface area (Å²) in [5.41, 5.74) is 5.10. The van der Waals surface area contributed by atoms with Crippen molar-refractivity contribution in [1.29, 1.82) is 0 Å². The van der Waals surface area contributed by atoms with Crippen molar-refractivity contribution < 1.29 is 14.3 Å². The SMILES string of the molecule is CO[C@H](C(=O)N/N=C\c1ccc(OCc2cccc(Cl)c2)cc1)c1ccccc1. The van der Waals surface area contributed by atoms with Gasteiger partial charge in [0, 0.05) is 12.1 Å². The molecule has 0 aromatic heterocycles. The molecule has 0 saturated heterocycles. The van der Waals surface area contributed by atoms with Gasteiger partial charge in [-0.1, -0.05) is 54.1 Å². The maximum absolute atomic E-state index is 12.3. The zero-order chi connectivity index (χ0) is 20.5. The molecule has 0 spiro atoms. The molecule has 29 heavy (non-hydrogen) atoms. The van der Waals surface area contributed by atoms with Gasteiger partial charge in [0.2, 0.25) is 0 Å². The van der Waals surface area contributed by atoms with Gasteiger partial charge in [0.05, 0.1) is 6.21 Å². The first-order valence-electron chi connectivity index (χ1n) is 9.03. The third-order valence-corrected chi connectivity index (χ3v) is 4.37. The molecule has 0 radical (unpaired) electrons. The molecule has 148 valence electrons. The van der Waals surface area contributed by atoms with E-state index in [1.807, 2.05) is 78.9 Å². The highest BCUT2D eigenvalue weighted by Gasteiger charge is 2.18. The number of hydrogen-bond acceptors (Lipinski definition) is 4. The third kappa shape index (κ3) is 6.17. The van der Waals surface area contributed by atoms with E-state index in [0.29, 0.717) is 11.6 Å². The standard InChI is InChI=1S/C23H21ClN2O3/c1-28-22(19-7-3-2-4-8-19)23(27)26-25-15-17-10-12-21(13-11-17)29-16-18-6-5-9-20(24)14-18/h2-15,22H,16H2,1H3,(H,26,27)/b25-15-/t22-/m0/s1. The fourth-order valence-electron chi connectivity index (χ4n) is 2.69. The summed E-state index contributed by atoms with van der Waals surface area (Å²) in [6, 6.07) is 24.2. The Morgan fingerprint density at radius 2 is 1.83 bits per heavy atom. The number of ether oxygens (including phenoxy) is 2. The van der Waals surface area contributed by atoms with Crippen molar-refractivity contribution in [3.63, 3.8) is 0 Å². The average molecular weight is 409 g/mol. The number of benzene rings is 3. The Balaban J connectivity index is 1.52. The number of hydrogen-bond donors (Lipinski definition) is 1. The van der Waals surface area contributed by atoms with Crippen molar-refractivity contribution >= 4 is 23.7 Å². The van der Waals surface area contributed by atoms with Crippen LogP contribution < -0.4 is 10.2 Å². The number of halogens is 1. The highest BCUT2D eigenvalue weighted by Crippen LogP contribution is 2.17. The van der Waals surface area contributed by atoms with Crippen molar-refractivity contribution in [2.24, 2.45) is 5.10 Å². The highest BCUT2D eigenvalue weighted by atomic mass is 35.5. The number of hydrazone groups is 1. The number of nitrogens with zero attached hydrogens (tertiary/aromatic N) is 1. The first-order chi connectivity index (χ1) is 14.2. The van der Waals surface area contributed by atoms with Crippen LogP contribution in [0.5, 0.6) is 5.75 Å². The Morgan fingerprint density at radius 1 is 1.07 bits per heavy atom. The second kappa shape index (κ2) is 10.4. The Hall–Kier alpha value is -3.15. The maximum Gasteiger partial charge on any atom is 0.273 e. The molecular formula is C23H21ClN2O3. The maximum atomic E-state index is 12.3. The van der Waals surface area contributed by atoms with Crippen LogP contribution in [0, 0.1) is 0 Å². The first-order valence-corrected chi connectivity index (χ1v) is 9.41. The molecule has 0 aliphatic carbocycles. The van der Waals surface area contributed by atoms with Crippen LogP contribution in [0.1, 0.15) is 22.8 Å². The van der Waals surface area contributed by atoms with E-state index >= 15 is 0 Å². The summed E-state index contributed by atoms with van der Waals surface area (Å²) in [5, 5.41) is 4.69.